The summed E-state index contributed by atoms with van der Waals surface area (Å²) in [5.74, 6) is 0. The van der Waals surface area contributed by atoms with Crippen molar-refractivity contribution >= 4 is 16.5 Å². The first-order valence-corrected chi connectivity index (χ1v) is 5.21. The van der Waals surface area contributed by atoms with E-state index in [0.717, 1.165) is 0 Å². The van der Waals surface area contributed by atoms with Gasteiger partial charge in [-0.15, -0.1) is 10.2 Å². The van der Waals surface area contributed by atoms with Gasteiger partial charge in [0.1, 0.15) is 0 Å². The molecule has 2 aromatic rings. The van der Waals surface area contributed by atoms with E-state index in [0.29, 0.717) is 15.7 Å². The Kier molecular flexibility index (Phi) is 2.51. The minimum Gasteiger partial charge on any atom is -0.363 e. The number of hydrogen-bond donors (Lipinski definition) is 1. The molecule has 15 heavy (non-hydrogen) atoms. The highest BCUT2D eigenvalue weighted by molar-refractivity contribution is 7.18. The van der Waals surface area contributed by atoms with Gasteiger partial charge in [-0.1, -0.05) is 11.3 Å². The van der Waals surface area contributed by atoms with E-state index in [-0.39, 0.29) is 5.56 Å². The summed E-state index contributed by atoms with van der Waals surface area (Å²) < 4.78 is 1.52. The summed E-state index contributed by atoms with van der Waals surface area (Å²) in [6.45, 7) is 0. The standard InChI is InChI=1S/C9H10N4OS/c1-10-9-12-11-7(15-9)6-4-3-5-13(2)8(6)14/h3-5H,1-2H3,(H,10,12). The average molecular weight is 222 g/mol. The highest BCUT2D eigenvalue weighted by atomic mass is 32.1. The summed E-state index contributed by atoms with van der Waals surface area (Å²) in [5.41, 5.74) is 0.523. The number of nitrogens with zero attached hydrogens (tertiary/aromatic N) is 3. The molecule has 5 nitrogen and oxygen atoms in total. The lowest BCUT2D eigenvalue weighted by Crippen LogP contribution is -2.17. The molecule has 0 saturated heterocycles. The zero-order chi connectivity index (χ0) is 10.8. The maximum absolute atomic E-state index is 11.7. The Balaban J connectivity index is 2.54. The molecule has 0 unspecified atom stereocenters. The lowest BCUT2D eigenvalue weighted by Gasteiger charge is -1.98. The lowest BCUT2D eigenvalue weighted by atomic mass is 10.3. The molecular weight excluding hydrogens is 212 g/mol. The first-order valence-electron chi connectivity index (χ1n) is 4.39. The van der Waals surface area contributed by atoms with Crippen molar-refractivity contribution in [2.24, 2.45) is 7.05 Å². The van der Waals surface area contributed by atoms with Gasteiger partial charge in [0, 0.05) is 20.3 Å². The van der Waals surface area contributed by atoms with Crippen LogP contribution >= 0.6 is 11.3 Å². The van der Waals surface area contributed by atoms with E-state index in [1.54, 1.807) is 26.4 Å². The Bertz CT molecular complexity index is 531. The van der Waals surface area contributed by atoms with Crippen LogP contribution < -0.4 is 10.9 Å². The average Bonchev–Trinajstić information content (AvgIpc) is 2.70. The number of nitrogens with one attached hydrogen (secondary N) is 1. The van der Waals surface area contributed by atoms with Gasteiger partial charge in [-0.05, 0) is 12.1 Å². The van der Waals surface area contributed by atoms with E-state index in [2.05, 4.69) is 15.5 Å². The van der Waals surface area contributed by atoms with Gasteiger partial charge in [0.05, 0.1) is 5.56 Å². The first kappa shape index (κ1) is 9.85. The molecule has 0 aliphatic heterocycles. The largest absolute Gasteiger partial charge is 0.363 e. The van der Waals surface area contributed by atoms with Crippen LogP contribution in [-0.4, -0.2) is 21.8 Å². The second-order valence-electron chi connectivity index (χ2n) is 3.00. The summed E-state index contributed by atoms with van der Waals surface area (Å²) in [6.07, 6.45) is 1.71. The van der Waals surface area contributed by atoms with Crippen molar-refractivity contribution in [2.45, 2.75) is 0 Å². The topological polar surface area (TPSA) is 59.8 Å². The van der Waals surface area contributed by atoms with Crippen LogP contribution in [0.3, 0.4) is 0 Å². The van der Waals surface area contributed by atoms with Crippen molar-refractivity contribution < 1.29 is 0 Å². The summed E-state index contributed by atoms with van der Waals surface area (Å²) >= 11 is 1.36. The third-order valence-electron chi connectivity index (χ3n) is 1.99. The predicted octanol–water partition coefficient (Wildman–Crippen LogP) is 0.945. The van der Waals surface area contributed by atoms with Crippen molar-refractivity contribution in [1.82, 2.24) is 14.8 Å². The van der Waals surface area contributed by atoms with E-state index >= 15 is 0 Å². The molecule has 2 heterocycles. The van der Waals surface area contributed by atoms with E-state index in [1.807, 2.05) is 6.07 Å². The van der Waals surface area contributed by atoms with Gasteiger partial charge in [-0.25, -0.2) is 0 Å². The van der Waals surface area contributed by atoms with E-state index < -0.39 is 0 Å². The summed E-state index contributed by atoms with van der Waals surface area (Å²) in [5, 5.41) is 12.1. The molecule has 0 fully saturated rings. The number of hydrogen-bond acceptors (Lipinski definition) is 5. The molecule has 2 aromatic heterocycles. The SMILES string of the molecule is CNc1nnc(-c2cccn(C)c2=O)s1. The molecule has 0 aromatic carbocycles. The second-order valence-corrected chi connectivity index (χ2v) is 3.98. The molecule has 0 amide bonds. The van der Waals surface area contributed by atoms with Gasteiger partial charge in [0.25, 0.3) is 5.56 Å². The first-order chi connectivity index (χ1) is 7.22. The predicted molar refractivity (Wildman–Crippen MR) is 60.1 cm³/mol. The molecule has 0 saturated carbocycles. The van der Waals surface area contributed by atoms with Crippen LogP contribution in [0.25, 0.3) is 10.6 Å². The Labute approximate surface area is 90.4 Å². The molecular formula is C9H10N4OS. The molecule has 0 aliphatic rings. The Morgan fingerprint density at radius 2 is 2.27 bits per heavy atom. The number of pyridine rings is 1. The van der Waals surface area contributed by atoms with Crippen molar-refractivity contribution in [3.63, 3.8) is 0 Å². The van der Waals surface area contributed by atoms with Crippen LogP contribution in [0.2, 0.25) is 0 Å². The van der Waals surface area contributed by atoms with E-state index in [1.165, 1.54) is 15.9 Å². The summed E-state index contributed by atoms with van der Waals surface area (Å²) in [4.78, 5) is 11.7. The van der Waals surface area contributed by atoms with E-state index in [9.17, 15) is 4.79 Å². The number of aryl methyl sites for hydroxylation is 1. The lowest BCUT2D eigenvalue weighted by molar-refractivity contribution is 0.862. The molecule has 1 N–H and O–H groups in total. The fourth-order valence-electron chi connectivity index (χ4n) is 1.19. The molecule has 0 radical (unpaired) electrons. The van der Waals surface area contributed by atoms with Crippen molar-refractivity contribution in [2.75, 3.05) is 12.4 Å². The quantitative estimate of drug-likeness (QED) is 0.821. The minimum atomic E-state index is -0.0590. The van der Waals surface area contributed by atoms with Crippen LogP contribution in [0.1, 0.15) is 0 Å². The zero-order valence-corrected chi connectivity index (χ0v) is 9.21. The maximum atomic E-state index is 11.7. The third kappa shape index (κ3) is 1.75. The monoisotopic (exact) mass is 222 g/mol. The molecule has 2 rings (SSSR count). The van der Waals surface area contributed by atoms with Gasteiger partial charge in [-0.3, -0.25) is 4.79 Å². The van der Waals surface area contributed by atoms with Gasteiger partial charge >= 0.3 is 0 Å². The van der Waals surface area contributed by atoms with Crippen molar-refractivity contribution in [1.29, 1.82) is 0 Å². The normalized spacial score (nSPS) is 10.3. The fourth-order valence-corrected chi connectivity index (χ4v) is 1.91. The Morgan fingerprint density at radius 3 is 2.93 bits per heavy atom. The molecule has 78 valence electrons. The highest BCUT2D eigenvalue weighted by Crippen LogP contribution is 2.22. The number of aromatic nitrogens is 3. The van der Waals surface area contributed by atoms with E-state index in [4.69, 9.17) is 0 Å². The summed E-state index contributed by atoms with van der Waals surface area (Å²) in [7, 11) is 3.49. The van der Waals surface area contributed by atoms with Gasteiger partial charge in [-0.2, -0.15) is 0 Å². The number of rotatable bonds is 2. The molecule has 0 bridgehead atoms. The van der Waals surface area contributed by atoms with Crippen molar-refractivity contribution in [3.05, 3.63) is 28.7 Å². The molecule has 0 spiro atoms. The fraction of sp³-hybridized carbons (Fsp3) is 0.222. The highest BCUT2D eigenvalue weighted by Gasteiger charge is 2.09. The van der Waals surface area contributed by atoms with Gasteiger partial charge in [0.15, 0.2) is 5.01 Å². The van der Waals surface area contributed by atoms with Gasteiger partial charge in [0.2, 0.25) is 5.13 Å². The Hall–Kier alpha value is -1.69. The molecule has 0 atom stereocenters. The van der Waals surface area contributed by atoms with Crippen LogP contribution in [0, 0.1) is 0 Å². The van der Waals surface area contributed by atoms with Crippen LogP contribution in [0.15, 0.2) is 23.1 Å². The van der Waals surface area contributed by atoms with Crippen molar-refractivity contribution in [3.8, 4) is 10.6 Å². The van der Waals surface area contributed by atoms with Crippen LogP contribution in [0.4, 0.5) is 5.13 Å². The molecule has 0 aliphatic carbocycles. The van der Waals surface area contributed by atoms with Crippen LogP contribution in [-0.2, 0) is 7.05 Å². The second kappa shape index (κ2) is 3.82. The maximum Gasteiger partial charge on any atom is 0.260 e. The number of anilines is 1. The zero-order valence-electron chi connectivity index (χ0n) is 8.39. The third-order valence-corrected chi connectivity index (χ3v) is 2.97. The molecule has 6 heteroatoms. The van der Waals surface area contributed by atoms with Crippen LogP contribution in [0.5, 0.6) is 0 Å². The summed E-state index contributed by atoms with van der Waals surface area (Å²) in [6, 6.07) is 3.57. The Morgan fingerprint density at radius 1 is 1.47 bits per heavy atom. The minimum absolute atomic E-state index is 0.0590. The van der Waals surface area contributed by atoms with Gasteiger partial charge < -0.3 is 9.88 Å². The smallest absolute Gasteiger partial charge is 0.260 e.